The Morgan fingerprint density at radius 3 is 2.53 bits per heavy atom. The molecule has 1 aromatic rings. The first-order chi connectivity index (χ1) is 7.02. The molecule has 0 fully saturated rings. The van der Waals surface area contributed by atoms with Crippen molar-refractivity contribution in [1.82, 2.24) is 5.32 Å². The predicted molar refractivity (Wildman–Crippen MR) is 63.8 cm³/mol. The van der Waals surface area contributed by atoms with E-state index in [2.05, 4.69) is 17.9 Å². The van der Waals surface area contributed by atoms with Crippen molar-refractivity contribution in [1.29, 1.82) is 5.41 Å². The molecule has 0 heterocycles. The minimum absolute atomic E-state index is 0.0323. The fourth-order valence-corrected chi connectivity index (χ4v) is 1.41. The van der Waals surface area contributed by atoms with E-state index in [1.165, 1.54) is 0 Å². The van der Waals surface area contributed by atoms with Crippen molar-refractivity contribution >= 4 is 24.2 Å². The molecule has 0 aliphatic carbocycles. The molecular weight excluding hydrogens is 208 g/mol. The number of benzene rings is 1. The molecule has 3 nitrogen and oxygen atoms in total. The number of hydrogen-bond acceptors (Lipinski definition) is 3. The minimum atomic E-state index is -0.369. The van der Waals surface area contributed by atoms with Crippen LogP contribution < -0.4 is 5.32 Å². The molecule has 15 heavy (non-hydrogen) atoms. The van der Waals surface area contributed by atoms with Crippen molar-refractivity contribution in [3.05, 3.63) is 29.8 Å². The third-order valence-corrected chi connectivity index (χ3v) is 2.21. The second-order valence-corrected chi connectivity index (χ2v) is 4.00. The molecule has 4 heteroatoms. The highest BCUT2D eigenvalue weighted by Crippen LogP contribution is 2.13. The van der Waals surface area contributed by atoms with Gasteiger partial charge in [0.2, 0.25) is 0 Å². The number of hydrogen-bond donors (Lipinski definition) is 3. The standard InChI is InChI=1S/C11H14N2OS/c1-7(2)13-11(14)10(12)8-5-3-4-6-9(8)15/h3-7,12,15H,1-2H3,(H,13,14). The summed E-state index contributed by atoms with van der Waals surface area (Å²) in [5.74, 6) is -0.369. The summed E-state index contributed by atoms with van der Waals surface area (Å²) >= 11 is 4.20. The minimum Gasteiger partial charge on any atom is -0.349 e. The van der Waals surface area contributed by atoms with E-state index in [-0.39, 0.29) is 17.7 Å². The van der Waals surface area contributed by atoms with Gasteiger partial charge in [0, 0.05) is 16.5 Å². The van der Waals surface area contributed by atoms with Gasteiger partial charge < -0.3 is 5.32 Å². The molecule has 1 amide bonds. The van der Waals surface area contributed by atoms with Gasteiger partial charge in [0.05, 0.1) is 0 Å². The number of nitrogens with one attached hydrogen (secondary N) is 2. The van der Waals surface area contributed by atoms with Crippen molar-refractivity contribution in [2.75, 3.05) is 0 Å². The number of carbonyl (C=O) groups excluding carboxylic acids is 1. The molecule has 0 saturated carbocycles. The molecule has 0 atom stereocenters. The summed E-state index contributed by atoms with van der Waals surface area (Å²) in [6.45, 7) is 3.72. The quantitative estimate of drug-likeness (QED) is 0.530. The normalized spacial score (nSPS) is 10.1. The topological polar surface area (TPSA) is 53.0 Å². The number of rotatable bonds is 3. The number of amides is 1. The number of thiol groups is 1. The molecular formula is C11H14N2OS. The molecule has 0 aliphatic heterocycles. The SMILES string of the molecule is CC(C)NC(=O)C(=N)c1ccccc1S. The Balaban J connectivity index is 2.86. The fraction of sp³-hybridized carbons (Fsp3) is 0.273. The summed E-state index contributed by atoms with van der Waals surface area (Å²) in [6, 6.07) is 7.11. The van der Waals surface area contributed by atoms with E-state index in [9.17, 15) is 4.79 Å². The van der Waals surface area contributed by atoms with E-state index in [1.807, 2.05) is 19.9 Å². The van der Waals surface area contributed by atoms with E-state index < -0.39 is 0 Å². The first kappa shape index (κ1) is 11.8. The van der Waals surface area contributed by atoms with Crippen molar-refractivity contribution in [2.45, 2.75) is 24.8 Å². The van der Waals surface area contributed by atoms with Gasteiger partial charge in [-0.15, -0.1) is 12.6 Å². The third-order valence-electron chi connectivity index (χ3n) is 1.82. The monoisotopic (exact) mass is 222 g/mol. The molecule has 0 aromatic heterocycles. The van der Waals surface area contributed by atoms with Crippen molar-refractivity contribution in [3.63, 3.8) is 0 Å². The van der Waals surface area contributed by atoms with Crippen LogP contribution in [0, 0.1) is 5.41 Å². The summed E-state index contributed by atoms with van der Waals surface area (Å²) in [6.07, 6.45) is 0. The average molecular weight is 222 g/mol. The maximum absolute atomic E-state index is 11.5. The lowest BCUT2D eigenvalue weighted by Crippen LogP contribution is -2.36. The van der Waals surface area contributed by atoms with E-state index in [0.29, 0.717) is 10.5 Å². The molecule has 0 spiro atoms. The van der Waals surface area contributed by atoms with E-state index in [1.54, 1.807) is 18.2 Å². The molecule has 0 unspecified atom stereocenters. The van der Waals surface area contributed by atoms with Crippen LogP contribution in [0.4, 0.5) is 0 Å². The maximum Gasteiger partial charge on any atom is 0.270 e. The second-order valence-electron chi connectivity index (χ2n) is 3.52. The summed E-state index contributed by atoms with van der Waals surface area (Å²) in [4.78, 5) is 12.2. The van der Waals surface area contributed by atoms with Crippen LogP contribution in [0.15, 0.2) is 29.2 Å². The summed E-state index contributed by atoms with van der Waals surface area (Å²) in [5, 5.41) is 10.4. The van der Waals surface area contributed by atoms with Gasteiger partial charge in [0.25, 0.3) is 5.91 Å². The summed E-state index contributed by atoms with van der Waals surface area (Å²) in [7, 11) is 0. The van der Waals surface area contributed by atoms with E-state index >= 15 is 0 Å². The predicted octanol–water partition coefficient (Wildman–Crippen LogP) is 1.87. The largest absolute Gasteiger partial charge is 0.349 e. The van der Waals surface area contributed by atoms with Crippen LogP contribution in [0.3, 0.4) is 0 Å². The first-order valence-corrected chi connectivity index (χ1v) is 5.15. The van der Waals surface area contributed by atoms with Crippen LogP contribution in [-0.4, -0.2) is 17.7 Å². The Morgan fingerprint density at radius 1 is 1.40 bits per heavy atom. The van der Waals surface area contributed by atoms with Crippen LogP contribution in [0.1, 0.15) is 19.4 Å². The average Bonchev–Trinajstić information content (AvgIpc) is 2.16. The molecule has 80 valence electrons. The van der Waals surface area contributed by atoms with Crippen LogP contribution in [0.5, 0.6) is 0 Å². The summed E-state index contributed by atoms with van der Waals surface area (Å²) < 4.78 is 0. The fourth-order valence-electron chi connectivity index (χ4n) is 1.14. The van der Waals surface area contributed by atoms with Crippen LogP contribution in [0.2, 0.25) is 0 Å². The molecule has 0 aliphatic rings. The van der Waals surface area contributed by atoms with E-state index in [4.69, 9.17) is 5.41 Å². The molecule has 1 aromatic carbocycles. The van der Waals surface area contributed by atoms with Crippen molar-refractivity contribution < 1.29 is 4.79 Å². The Kier molecular flexibility index (Phi) is 3.91. The van der Waals surface area contributed by atoms with Gasteiger partial charge in [-0.3, -0.25) is 10.2 Å². The Morgan fingerprint density at radius 2 is 2.00 bits per heavy atom. The molecule has 0 radical (unpaired) electrons. The maximum atomic E-state index is 11.5. The van der Waals surface area contributed by atoms with Crippen molar-refractivity contribution in [3.8, 4) is 0 Å². The first-order valence-electron chi connectivity index (χ1n) is 4.70. The zero-order valence-electron chi connectivity index (χ0n) is 8.74. The van der Waals surface area contributed by atoms with Gasteiger partial charge in [0.1, 0.15) is 5.71 Å². The zero-order chi connectivity index (χ0) is 11.4. The van der Waals surface area contributed by atoms with Crippen LogP contribution in [0.25, 0.3) is 0 Å². The number of carbonyl (C=O) groups is 1. The Labute approximate surface area is 94.8 Å². The Bertz CT molecular complexity index is 388. The molecule has 1 rings (SSSR count). The Hall–Kier alpha value is -1.29. The second kappa shape index (κ2) is 4.98. The highest BCUT2D eigenvalue weighted by atomic mass is 32.1. The van der Waals surface area contributed by atoms with Gasteiger partial charge in [-0.1, -0.05) is 18.2 Å². The summed E-state index contributed by atoms with van der Waals surface area (Å²) in [5.41, 5.74) is 0.508. The third kappa shape index (κ3) is 3.09. The van der Waals surface area contributed by atoms with Crippen LogP contribution >= 0.6 is 12.6 Å². The van der Waals surface area contributed by atoms with Gasteiger partial charge in [-0.05, 0) is 19.9 Å². The van der Waals surface area contributed by atoms with Gasteiger partial charge in [-0.25, -0.2) is 0 Å². The smallest absolute Gasteiger partial charge is 0.270 e. The van der Waals surface area contributed by atoms with Crippen molar-refractivity contribution in [2.24, 2.45) is 0 Å². The van der Waals surface area contributed by atoms with E-state index in [0.717, 1.165) is 0 Å². The lowest BCUT2D eigenvalue weighted by Gasteiger charge is -2.10. The van der Waals surface area contributed by atoms with Gasteiger partial charge in [0.15, 0.2) is 0 Å². The lowest BCUT2D eigenvalue weighted by atomic mass is 10.1. The zero-order valence-corrected chi connectivity index (χ0v) is 9.64. The molecule has 2 N–H and O–H groups in total. The lowest BCUT2D eigenvalue weighted by molar-refractivity contribution is -0.115. The highest BCUT2D eigenvalue weighted by Gasteiger charge is 2.14. The van der Waals surface area contributed by atoms with Gasteiger partial charge in [-0.2, -0.15) is 0 Å². The van der Waals surface area contributed by atoms with Crippen LogP contribution in [-0.2, 0) is 4.79 Å². The molecule has 0 bridgehead atoms. The highest BCUT2D eigenvalue weighted by molar-refractivity contribution is 7.80. The molecule has 0 saturated heterocycles. The van der Waals surface area contributed by atoms with Gasteiger partial charge >= 0.3 is 0 Å².